The summed E-state index contributed by atoms with van der Waals surface area (Å²) in [6, 6.07) is 26.1. The maximum Gasteiger partial charge on any atom is 0.303 e. The van der Waals surface area contributed by atoms with Gasteiger partial charge in [-0.1, -0.05) is 0 Å². The maximum atomic E-state index is 14.4. The Hall–Kier alpha value is -13.8. The first-order valence-corrected chi connectivity index (χ1v) is 38.2. The van der Waals surface area contributed by atoms with Crippen LogP contribution in [0.5, 0.6) is 0 Å². The molecule has 0 bridgehead atoms. The summed E-state index contributed by atoms with van der Waals surface area (Å²) < 4.78 is 171. The zero-order chi connectivity index (χ0) is 87.1. The number of carbonyl (C=O) groups is 9. The highest BCUT2D eigenvalue weighted by atomic mass is 19.2. The van der Waals surface area contributed by atoms with Crippen molar-refractivity contribution in [2.24, 2.45) is 0 Å². The number of aliphatic hydroxyl groups excluding tert-OH is 2. The van der Waals surface area contributed by atoms with E-state index in [0.717, 1.165) is 30.3 Å². The molecule has 0 radical (unpaired) electrons. The van der Waals surface area contributed by atoms with Crippen molar-refractivity contribution in [3.8, 4) is 45.0 Å². The summed E-state index contributed by atoms with van der Waals surface area (Å²) in [5.41, 5.74) is 6.39. The molecule has 24 nitrogen and oxygen atoms in total. The minimum atomic E-state index is -1.04. The van der Waals surface area contributed by atoms with Gasteiger partial charge in [-0.2, -0.15) is 0 Å². The first-order valence-electron chi connectivity index (χ1n) is 38.2. The quantitative estimate of drug-likeness (QED) is 0.0236. The molecular weight excluding hydrogens is 1620 g/mol. The van der Waals surface area contributed by atoms with Gasteiger partial charge >= 0.3 is 5.97 Å². The smallest absolute Gasteiger partial charge is 0.303 e. The summed E-state index contributed by atoms with van der Waals surface area (Å²) >= 11 is 0. The van der Waals surface area contributed by atoms with Crippen LogP contribution in [0.25, 0.3) is 88.6 Å². The summed E-state index contributed by atoms with van der Waals surface area (Å²) in [5.74, 6) is -11.9. The number of aromatic amines is 4. The average molecular weight is 1700 g/mol. The van der Waals surface area contributed by atoms with Crippen LogP contribution in [0.4, 0.5) is 52.7 Å². The number of esters is 1. The molecule has 4 aliphatic rings. The fourth-order valence-electron chi connectivity index (χ4n) is 14.9. The van der Waals surface area contributed by atoms with E-state index in [9.17, 15) is 106 Å². The number of nitrogens with one attached hydrogen (secondary N) is 12. The number of benzene rings is 8. The molecule has 0 saturated carbocycles. The monoisotopic (exact) mass is 1690 g/mol. The molecule has 0 spiro atoms. The van der Waals surface area contributed by atoms with E-state index in [4.69, 9.17) is 4.74 Å². The number of hydrogen-bond donors (Lipinski definition) is 14. The van der Waals surface area contributed by atoms with Gasteiger partial charge in [-0.15, -0.1) is 0 Å². The lowest BCUT2D eigenvalue weighted by atomic mass is 10.0. The van der Waals surface area contributed by atoms with Gasteiger partial charge in [0.1, 0.15) is 112 Å². The van der Waals surface area contributed by atoms with E-state index in [1.165, 1.54) is 122 Å². The Morgan fingerprint density at radius 2 is 0.623 bits per heavy atom. The molecule has 8 aromatic carbocycles. The van der Waals surface area contributed by atoms with Crippen LogP contribution < -0.4 is 42.5 Å². The van der Waals surface area contributed by atoms with Crippen molar-refractivity contribution in [3.05, 3.63) is 238 Å². The zero-order valence-corrected chi connectivity index (χ0v) is 64.1. The minimum Gasteiger partial charge on any atom is -0.458 e. The van der Waals surface area contributed by atoms with Crippen LogP contribution in [0.1, 0.15) is 61.3 Å². The average Bonchev–Trinajstić information content (AvgIpc) is 1.63. The number of aromatic nitrogens is 4. The third-order valence-corrected chi connectivity index (χ3v) is 20.8. The number of aryl methyl sites for hydroxylation is 4. The van der Waals surface area contributed by atoms with Crippen LogP contribution in [0.3, 0.4) is 0 Å². The molecule has 0 unspecified atom stereocenters. The standard InChI is InChI=1S/C23H20F3N3O4.2C21H18F3N3O3.C21H18F3N3O2/c1-11(30)33-18-10-27-23(32)22(18)28-19(31)7-6-15-16-8-14(25)9-17(26)21(16)29-20(15)12-2-4-13(24)5-3-12;2*22-11-3-1-10(2-4-11)18-13(14-7-12(23)8-15(24)19(14)27-18)5-6-17(29)26-20-16(28)9-25-21(20)30;22-12-3-1-11(2-4-12)19-14(15-9-13(23)10-16(24)20(15)27-19)5-6-18(28)26-17-7-8-25-21(17)29/h2-5,8-9,18,22,29H,6-7,10H2,1H3,(H,27,32)(H,28,31);2*1-4,7-8,16,20,27-28H,5-6,9H2,(H,25,30)(H,26,29);1-4,9-10,17,27H,5-8H2,(H,25,29)(H,26,28)/t18-,22+;16-,20+;16-,20-;17-/m1100/s1. The van der Waals surface area contributed by atoms with Crippen molar-refractivity contribution < 1.29 is 111 Å². The number of ether oxygens (including phenoxy) is 1. The maximum absolute atomic E-state index is 14.4. The number of H-pyrrole nitrogens is 4. The lowest BCUT2D eigenvalue weighted by Gasteiger charge is -2.18. The second-order valence-corrected chi connectivity index (χ2v) is 29.0. The summed E-state index contributed by atoms with van der Waals surface area (Å²) in [6.45, 7) is 1.91. The molecule has 8 amide bonds. The van der Waals surface area contributed by atoms with Crippen LogP contribution >= 0.6 is 0 Å². The van der Waals surface area contributed by atoms with E-state index in [2.05, 4.69) is 62.5 Å². The number of carbonyl (C=O) groups excluding carboxylic acids is 9. The SMILES string of the molecule is CC(=O)O[C@@H]1CNC(=O)[C@H]1NC(=O)CCc1c(-c2ccc(F)cc2)[nH]c2c(F)cc(F)cc12.O=C(CCc1c(-c2ccc(F)cc2)[nH]c2c(F)cc(F)cc12)N[C@@H]1C(=O)NC[C@@H]1O.O=C(CCc1c(-c2ccc(F)cc2)[nH]c2c(F)cc(F)cc12)N[C@@H]1C(=O)NC[C@H]1O.O=C(CCc1c(-c2ccc(F)cc2)[nH]c2c(F)cc(F)cc12)N[C@H]1CCNC1=O. The summed E-state index contributed by atoms with van der Waals surface area (Å²) in [5, 5.41) is 40.9. The van der Waals surface area contributed by atoms with E-state index in [1.807, 2.05) is 0 Å². The summed E-state index contributed by atoms with van der Waals surface area (Å²) in [6.07, 6.45) is -2.13. The van der Waals surface area contributed by atoms with Crippen LogP contribution in [-0.4, -0.2) is 152 Å². The van der Waals surface area contributed by atoms with Crippen LogP contribution in [-0.2, 0) is 73.6 Å². The highest BCUT2D eigenvalue weighted by Crippen LogP contribution is 2.39. The predicted octanol–water partition coefficient (Wildman–Crippen LogP) is 10.2. The van der Waals surface area contributed by atoms with Gasteiger partial charge in [-0.25, -0.2) is 52.7 Å². The van der Waals surface area contributed by atoms with Gasteiger partial charge in [0.15, 0.2) is 0 Å². The molecule has 8 heterocycles. The highest BCUT2D eigenvalue weighted by molar-refractivity contribution is 5.98. The van der Waals surface area contributed by atoms with Crippen molar-refractivity contribution >= 4 is 96.8 Å². The van der Waals surface area contributed by atoms with E-state index >= 15 is 0 Å². The van der Waals surface area contributed by atoms with Crippen molar-refractivity contribution in [3.63, 3.8) is 0 Å². The molecule has 14 N–H and O–H groups in total. The van der Waals surface area contributed by atoms with Crippen LogP contribution in [0.2, 0.25) is 0 Å². The second-order valence-electron chi connectivity index (χ2n) is 29.0. The number of halogens is 12. The second kappa shape index (κ2) is 37.3. The number of β-amino-alcohol motifs (C(OH)–C–C–N with tert-alkyl or cyclic N) is 2. The number of fused-ring (bicyclic) bond motifs is 4. The molecule has 122 heavy (non-hydrogen) atoms. The Bertz CT molecular complexity index is 5860. The van der Waals surface area contributed by atoms with Crippen LogP contribution in [0, 0.1) is 69.8 Å². The highest BCUT2D eigenvalue weighted by Gasteiger charge is 2.39. The fourth-order valence-corrected chi connectivity index (χ4v) is 14.9. The van der Waals surface area contributed by atoms with E-state index < -0.39 is 154 Å². The molecule has 4 fully saturated rings. The lowest BCUT2D eigenvalue weighted by molar-refractivity contribution is -0.147. The normalized spacial score (nSPS) is 17.8. The van der Waals surface area contributed by atoms with Gasteiger partial charge in [0.05, 0.1) is 28.6 Å². The first-order chi connectivity index (χ1) is 58.3. The van der Waals surface area contributed by atoms with Gasteiger partial charge in [0.25, 0.3) is 0 Å². The van der Waals surface area contributed by atoms with Crippen LogP contribution in [0.15, 0.2) is 146 Å². The first kappa shape index (κ1) is 86.1. The van der Waals surface area contributed by atoms with Crippen molar-refractivity contribution in [2.75, 3.05) is 26.2 Å². The lowest BCUT2D eigenvalue weighted by Crippen LogP contribution is -2.47. The molecule has 4 saturated heterocycles. The van der Waals surface area contributed by atoms with Crippen molar-refractivity contribution in [1.82, 2.24) is 62.5 Å². The third kappa shape index (κ3) is 19.9. The van der Waals surface area contributed by atoms with Gasteiger partial charge in [0, 0.05) is 121 Å². The Kier molecular flexibility index (Phi) is 26.3. The Balaban J connectivity index is 0.000000140. The number of aliphatic hydroxyl groups is 2. The number of rotatable bonds is 21. The molecule has 634 valence electrons. The minimum absolute atomic E-state index is 0.0308. The third-order valence-electron chi connectivity index (χ3n) is 20.8. The Labute approximate surface area is 683 Å². The van der Waals surface area contributed by atoms with E-state index in [1.54, 1.807) is 0 Å². The molecule has 4 aliphatic heterocycles. The molecule has 16 rings (SSSR count). The Morgan fingerprint density at radius 1 is 0.352 bits per heavy atom. The zero-order valence-electron chi connectivity index (χ0n) is 64.1. The van der Waals surface area contributed by atoms with Crippen molar-refractivity contribution in [2.45, 2.75) is 107 Å². The fraction of sp³-hybridized carbons (Fsp3) is 0.244. The van der Waals surface area contributed by atoms with Gasteiger partial charge < -0.3 is 77.4 Å². The molecule has 7 atom stereocenters. The number of amides is 8. The molecule has 4 aromatic heterocycles. The van der Waals surface area contributed by atoms with E-state index in [0.29, 0.717) is 85.6 Å². The summed E-state index contributed by atoms with van der Waals surface area (Å²) in [7, 11) is 0. The number of hydrogen-bond acceptors (Lipinski definition) is 12. The molecule has 36 heteroatoms. The van der Waals surface area contributed by atoms with E-state index in [-0.39, 0.29) is 121 Å². The van der Waals surface area contributed by atoms with Gasteiger partial charge in [-0.3, -0.25) is 43.2 Å². The van der Waals surface area contributed by atoms with Crippen molar-refractivity contribution in [1.29, 1.82) is 0 Å². The topological polar surface area (TPSA) is 363 Å². The van der Waals surface area contributed by atoms with Gasteiger partial charge in [-0.05, 0) is 198 Å². The molecule has 12 aromatic rings. The Morgan fingerprint density at radius 3 is 0.885 bits per heavy atom. The summed E-state index contributed by atoms with van der Waals surface area (Å²) in [4.78, 5) is 119. The predicted molar refractivity (Wildman–Crippen MR) is 420 cm³/mol. The molecular formula is C86H74F12N12O12. The van der Waals surface area contributed by atoms with Gasteiger partial charge in [0.2, 0.25) is 47.3 Å². The molecule has 0 aliphatic carbocycles. The largest absolute Gasteiger partial charge is 0.458 e.